The molecule has 2 N–H and O–H groups in total. The number of halogens is 1. The first kappa shape index (κ1) is 15.5. The first-order valence-electron chi connectivity index (χ1n) is 6.42. The Bertz CT molecular complexity index is 369. The highest BCUT2D eigenvalue weighted by atomic mass is 79.9. The molecule has 18 heavy (non-hydrogen) atoms. The Morgan fingerprint density at radius 3 is 2.78 bits per heavy atom. The zero-order chi connectivity index (χ0) is 13.4. The number of hydrogen-bond acceptors (Lipinski definition) is 3. The number of benzene rings is 1. The van der Waals surface area contributed by atoms with E-state index < -0.39 is 0 Å². The van der Waals surface area contributed by atoms with Gasteiger partial charge in [0.2, 0.25) is 0 Å². The summed E-state index contributed by atoms with van der Waals surface area (Å²) in [5.41, 5.74) is 2.31. The van der Waals surface area contributed by atoms with Crippen LogP contribution in [0.1, 0.15) is 30.9 Å². The van der Waals surface area contributed by atoms with Crippen molar-refractivity contribution >= 4 is 15.9 Å². The summed E-state index contributed by atoms with van der Waals surface area (Å²) >= 11 is 3.52. The van der Waals surface area contributed by atoms with Crippen LogP contribution in [-0.2, 0) is 6.54 Å². The Labute approximate surface area is 118 Å². The van der Waals surface area contributed by atoms with Gasteiger partial charge in [0.15, 0.2) is 0 Å². The molecular formula is C14H22BrNO2. The minimum Gasteiger partial charge on any atom is -0.493 e. The predicted molar refractivity (Wildman–Crippen MR) is 78.1 cm³/mol. The summed E-state index contributed by atoms with van der Waals surface area (Å²) in [6.45, 7) is 6.78. The second kappa shape index (κ2) is 8.51. The quantitative estimate of drug-likeness (QED) is 0.725. The Morgan fingerprint density at radius 1 is 1.33 bits per heavy atom. The molecule has 1 aromatic rings. The van der Waals surface area contributed by atoms with E-state index in [1.54, 1.807) is 0 Å². The molecule has 0 fully saturated rings. The van der Waals surface area contributed by atoms with Crippen molar-refractivity contribution in [3.8, 4) is 5.75 Å². The van der Waals surface area contributed by atoms with Crippen molar-refractivity contribution < 1.29 is 9.84 Å². The molecule has 0 aromatic heterocycles. The molecule has 0 amide bonds. The number of aliphatic hydroxyl groups is 1. The van der Waals surface area contributed by atoms with Gasteiger partial charge in [-0.05, 0) is 44.0 Å². The average molecular weight is 316 g/mol. The lowest BCUT2D eigenvalue weighted by molar-refractivity contribution is 0.251. The van der Waals surface area contributed by atoms with Crippen molar-refractivity contribution in [1.82, 2.24) is 5.32 Å². The Hall–Kier alpha value is -0.580. The highest BCUT2D eigenvalue weighted by molar-refractivity contribution is 9.10. The second-order valence-corrected chi connectivity index (χ2v) is 5.19. The van der Waals surface area contributed by atoms with Crippen LogP contribution in [0.3, 0.4) is 0 Å². The van der Waals surface area contributed by atoms with Gasteiger partial charge in [-0.3, -0.25) is 0 Å². The predicted octanol–water partition coefficient (Wildman–Crippen LogP) is 3.02. The number of ether oxygens (including phenoxy) is 1. The molecule has 0 saturated heterocycles. The smallest absolute Gasteiger partial charge is 0.126 e. The standard InChI is InChI=1S/C14H22BrNO2/c1-3-16-10-12-9-13(15)8-11(2)14(12)18-7-5-4-6-17/h8-9,16-17H,3-7,10H2,1-2H3. The lowest BCUT2D eigenvalue weighted by atomic mass is 10.1. The molecule has 0 unspecified atom stereocenters. The third-order valence-corrected chi connectivity index (χ3v) is 3.14. The minimum absolute atomic E-state index is 0.229. The minimum atomic E-state index is 0.229. The van der Waals surface area contributed by atoms with Gasteiger partial charge in [-0.25, -0.2) is 0 Å². The number of aliphatic hydroxyl groups excluding tert-OH is 1. The van der Waals surface area contributed by atoms with Gasteiger partial charge in [0.05, 0.1) is 6.61 Å². The van der Waals surface area contributed by atoms with E-state index in [2.05, 4.69) is 47.2 Å². The fourth-order valence-corrected chi connectivity index (χ4v) is 2.40. The van der Waals surface area contributed by atoms with Gasteiger partial charge in [-0.15, -0.1) is 0 Å². The van der Waals surface area contributed by atoms with Crippen LogP contribution in [0.15, 0.2) is 16.6 Å². The van der Waals surface area contributed by atoms with E-state index in [0.29, 0.717) is 6.61 Å². The maximum Gasteiger partial charge on any atom is 0.126 e. The number of unbranched alkanes of at least 4 members (excludes halogenated alkanes) is 1. The van der Waals surface area contributed by atoms with Crippen LogP contribution in [-0.4, -0.2) is 24.9 Å². The fourth-order valence-electron chi connectivity index (χ4n) is 1.78. The molecule has 0 aliphatic rings. The van der Waals surface area contributed by atoms with Crippen molar-refractivity contribution in [2.75, 3.05) is 19.8 Å². The first-order chi connectivity index (χ1) is 8.69. The second-order valence-electron chi connectivity index (χ2n) is 4.27. The molecule has 0 atom stereocenters. The molecule has 0 aliphatic heterocycles. The maximum absolute atomic E-state index is 8.75. The van der Waals surface area contributed by atoms with Crippen molar-refractivity contribution in [2.45, 2.75) is 33.2 Å². The fraction of sp³-hybridized carbons (Fsp3) is 0.571. The summed E-state index contributed by atoms with van der Waals surface area (Å²) < 4.78 is 6.93. The molecule has 3 nitrogen and oxygen atoms in total. The van der Waals surface area contributed by atoms with Gasteiger partial charge >= 0.3 is 0 Å². The van der Waals surface area contributed by atoms with E-state index in [9.17, 15) is 0 Å². The third kappa shape index (κ3) is 4.96. The van der Waals surface area contributed by atoms with E-state index in [4.69, 9.17) is 9.84 Å². The van der Waals surface area contributed by atoms with Crippen molar-refractivity contribution in [3.05, 3.63) is 27.7 Å². The van der Waals surface area contributed by atoms with Gasteiger partial charge in [-0.2, -0.15) is 0 Å². The van der Waals surface area contributed by atoms with Gasteiger partial charge in [0, 0.05) is 23.2 Å². The SMILES string of the molecule is CCNCc1cc(Br)cc(C)c1OCCCCO. The number of aryl methyl sites for hydroxylation is 1. The highest BCUT2D eigenvalue weighted by Gasteiger charge is 2.08. The lowest BCUT2D eigenvalue weighted by Crippen LogP contribution is -2.13. The lowest BCUT2D eigenvalue weighted by Gasteiger charge is -2.15. The summed E-state index contributed by atoms with van der Waals surface area (Å²) in [5.74, 6) is 0.970. The molecule has 1 aromatic carbocycles. The van der Waals surface area contributed by atoms with Gasteiger partial charge in [0.25, 0.3) is 0 Å². The Balaban J connectivity index is 2.72. The largest absolute Gasteiger partial charge is 0.493 e. The van der Waals surface area contributed by atoms with Crippen LogP contribution in [0.25, 0.3) is 0 Å². The topological polar surface area (TPSA) is 41.5 Å². The van der Waals surface area contributed by atoms with Crippen LogP contribution in [0, 0.1) is 6.92 Å². The summed E-state index contributed by atoms with van der Waals surface area (Å²) in [6, 6.07) is 4.16. The summed E-state index contributed by atoms with van der Waals surface area (Å²) in [5, 5.41) is 12.1. The summed E-state index contributed by atoms with van der Waals surface area (Å²) in [7, 11) is 0. The summed E-state index contributed by atoms with van der Waals surface area (Å²) in [6.07, 6.45) is 1.67. The van der Waals surface area contributed by atoms with E-state index >= 15 is 0 Å². The van der Waals surface area contributed by atoms with Crippen LogP contribution < -0.4 is 10.1 Å². The molecule has 102 valence electrons. The molecule has 1 rings (SSSR count). The molecule has 4 heteroatoms. The zero-order valence-corrected chi connectivity index (χ0v) is 12.7. The molecule has 0 radical (unpaired) electrons. The summed E-state index contributed by atoms with van der Waals surface area (Å²) in [4.78, 5) is 0. The first-order valence-corrected chi connectivity index (χ1v) is 7.21. The Kier molecular flexibility index (Phi) is 7.32. The average Bonchev–Trinajstić information content (AvgIpc) is 2.34. The van der Waals surface area contributed by atoms with Crippen LogP contribution in [0.5, 0.6) is 5.75 Å². The highest BCUT2D eigenvalue weighted by Crippen LogP contribution is 2.28. The molecule has 0 spiro atoms. The molecule has 0 heterocycles. The van der Waals surface area contributed by atoms with Crippen molar-refractivity contribution in [2.24, 2.45) is 0 Å². The van der Waals surface area contributed by atoms with Gasteiger partial charge < -0.3 is 15.2 Å². The molecule has 0 bridgehead atoms. The maximum atomic E-state index is 8.75. The van der Waals surface area contributed by atoms with Gasteiger partial charge in [0.1, 0.15) is 5.75 Å². The van der Waals surface area contributed by atoms with E-state index in [-0.39, 0.29) is 6.61 Å². The van der Waals surface area contributed by atoms with Crippen LogP contribution in [0.2, 0.25) is 0 Å². The van der Waals surface area contributed by atoms with Gasteiger partial charge in [-0.1, -0.05) is 22.9 Å². The number of rotatable bonds is 8. The van der Waals surface area contributed by atoms with E-state index in [1.807, 2.05) is 0 Å². The van der Waals surface area contributed by atoms with E-state index in [0.717, 1.165) is 41.7 Å². The van der Waals surface area contributed by atoms with E-state index in [1.165, 1.54) is 5.56 Å². The normalized spacial score (nSPS) is 10.7. The third-order valence-electron chi connectivity index (χ3n) is 2.68. The molecular weight excluding hydrogens is 294 g/mol. The van der Waals surface area contributed by atoms with Crippen molar-refractivity contribution in [3.63, 3.8) is 0 Å². The zero-order valence-electron chi connectivity index (χ0n) is 11.1. The van der Waals surface area contributed by atoms with Crippen LogP contribution >= 0.6 is 15.9 Å². The number of nitrogens with one attached hydrogen (secondary N) is 1. The monoisotopic (exact) mass is 315 g/mol. The Morgan fingerprint density at radius 2 is 2.11 bits per heavy atom. The van der Waals surface area contributed by atoms with Crippen molar-refractivity contribution in [1.29, 1.82) is 0 Å². The molecule has 0 saturated carbocycles. The number of hydrogen-bond donors (Lipinski definition) is 2. The van der Waals surface area contributed by atoms with Crippen LogP contribution in [0.4, 0.5) is 0 Å². The molecule has 0 aliphatic carbocycles.